The van der Waals surface area contributed by atoms with Crippen LogP contribution in [0.4, 0.5) is 0 Å². The molecule has 0 bridgehead atoms. The highest BCUT2D eigenvalue weighted by atomic mass is 35.5. The fraction of sp³-hybridized carbons (Fsp3) is 0.500. The number of nitrogens with one attached hydrogen (secondary N) is 1. The first kappa shape index (κ1) is 14.2. The molecule has 0 saturated heterocycles. The van der Waals surface area contributed by atoms with Gasteiger partial charge in [-0.15, -0.1) is 0 Å². The maximum Gasteiger partial charge on any atom is 0.0743 e. The Labute approximate surface area is 112 Å². The van der Waals surface area contributed by atoms with Gasteiger partial charge >= 0.3 is 0 Å². The van der Waals surface area contributed by atoms with E-state index in [2.05, 4.69) is 25.5 Å². The molecule has 4 heteroatoms. The van der Waals surface area contributed by atoms with Gasteiger partial charge in [-0.3, -0.25) is 4.72 Å². The predicted octanol–water partition coefficient (Wildman–Crippen LogP) is 5.09. The average molecular weight is 278 g/mol. The monoisotopic (exact) mass is 277 g/mol. The molecule has 0 atom stereocenters. The van der Waals surface area contributed by atoms with Crippen molar-refractivity contribution in [3.63, 3.8) is 0 Å². The van der Waals surface area contributed by atoms with Crippen LogP contribution in [0.1, 0.15) is 32.8 Å². The standard InChI is InChI=1S/C12H17Cl2NS/c1-5-12(3,4)15-16-9-7-6-8(2)10(13)11(9)14/h6-7,15H,5H2,1-4H3. The zero-order valence-corrected chi connectivity index (χ0v) is 12.4. The Morgan fingerprint density at radius 1 is 1.25 bits per heavy atom. The third kappa shape index (κ3) is 3.56. The van der Waals surface area contributed by atoms with Crippen molar-refractivity contribution >= 4 is 35.1 Å². The van der Waals surface area contributed by atoms with E-state index in [-0.39, 0.29) is 5.54 Å². The SMILES string of the molecule is CCC(C)(C)NSc1ccc(C)c(Cl)c1Cl. The molecule has 0 unspecified atom stereocenters. The molecule has 90 valence electrons. The van der Waals surface area contributed by atoms with E-state index < -0.39 is 0 Å². The van der Waals surface area contributed by atoms with Crippen LogP contribution < -0.4 is 4.72 Å². The summed E-state index contributed by atoms with van der Waals surface area (Å²) >= 11 is 13.8. The van der Waals surface area contributed by atoms with Crippen LogP contribution in [0.25, 0.3) is 0 Å². The molecule has 1 rings (SSSR count). The minimum Gasteiger partial charge on any atom is -0.254 e. The van der Waals surface area contributed by atoms with Crippen molar-refractivity contribution in [2.75, 3.05) is 0 Å². The second kappa shape index (κ2) is 5.63. The zero-order valence-electron chi connectivity index (χ0n) is 10.0. The number of benzene rings is 1. The largest absolute Gasteiger partial charge is 0.254 e. The molecule has 1 nitrogen and oxygen atoms in total. The van der Waals surface area contributed by atoms with Gasteiger partial charge in [-0.2, -0.15) is 0 Å². The van der Waals surface area contributed by atoms with Crippen molar-refractivity contribution in [1.29, 1.82) is 0 Å². The highest BCUT2D eigenvalue weighted by molar-refractivity contribution is 7.97. The topological polar surface area (TPSA) is 12.0 Å². The molecule has 0 radical (unpaired) electrons. The minimum atomic E-state index is 0.0886. The molecule has 1 aromatic rings. The van der Waals surface area contributed by atoms with Gasteiger partial charge < -0.3 is 0 Å². The zero-order chi connectivity index (χ0) is 12.3. The molecule has 0 aliphatic rings. The molecule has 1 aromatic carbocycles. The van der Waals surface area contributed by atoms with Gasteiger partial charge in [0, 0.05) is 10.4 Å². The summed E-state index contributed by atoms with van der Waals surface area (Å²) in [6.07, 6.45) is 1.05. The van der Waals surface area contributed by atoms with E-state index in [4.69, 9.17) is 23.2 Å². The van der Waals surface area contributed by atoms with Crippen LogP contribution in [-0.4, -0.2) is 5.54 Å². The van der Waals surface area contributed by atoms with Gasteiger partial charge in [0.2, 0.25) is 0 Å². The van der Waals surface area contributed by atoms with Crippen LogP contribution in [0.2, 0.25) is 10.0 Å². The number of hydrogen-bond acceptors (Lipinski definition) is 2. The lowest BCUT2D eigenvalue weighted by molar-refractivity contribution is 0.464. The van der Waals surface area contributed by atoms with Crippen molar-refractivity contribution < 1.29 is 0 Å². The minimum absolute atomic E-state index is 0.0886. The fourth-order valence-electron chi connectivity index (χ4n) is 0.972. The van der Waals surface area contributed by atoms with Gasteiger partial charge in [-0.05, 0) is 50.8 Å². The first-order chi connectivity index (χ1) is 7.37. The molecule has 0 aliphatic carbocycles. The second-order valence-electron chi connectivity index (χ2n) is 4.45. The summed E-state index contributed by atoms with van der Waals surface area (Å²) in [5.41, 5.74) is 1.09. The Morgan fingerprint density at radius 2 is 1.88 bits per heavy atom. The third-order valence-electron chi connectivity index (χ3n) is 2.56. The summed E-state index contributed by atoms with van der Waals surface area (Å²) in [4.78, 5) is 0.971. The van der Waals surface area contributed by atoms with Crippen molar-refractivity contribution in [2.24, 2.45) is 0 Å². The summed E-state index contributed by atoms with van der Waals surface area (Å²) in [7, 11) is 0. The van der Waals surface area contributed by atoms with E-state index in [1.165, 1.54) is 11.9 Å². The van der Waals surface area contributed by atoms with E-state index >= 15 is 0 Å². The fourth-order valence-corrected chi connectivity index (χ4v) is 2.38. The molecule has 0 saturated carbocycles. The lowest BCUT2D eigenvalue weighted by Gasteiger charge is -2.24. The smallest absolute Gasteiger partial charge is 0.0743 e. The quantitative estimate of drug-likeness (QED) is 0.770. The van der Waals surface area contributed by atoms with Crippen LogP contribution in [-0.2, 0) is 0 Å². The summed E-state index contributed by atoms with van der Waals surface area (Å²) < 4.78 is 3.39. The molecular weight excluding hydrogens is 261 g/mol. The van der Waals surface area contributed by atoms with E-state index in [1.54, 1.807) is 0 Å². The predicted molar refractivity (Wildman–Crippen MR) is 74.6 cm³/mol. The maximum atomic E-state index is 6.18. The number of hydrogen-bond donors (Lipinski definition) is 1. The first-order valence-corrected chi connectivity index (χ1v) is 6.83. The summed E-state index contributed by atoms with van der Waals surface area (Å²) in [5.74, 6) is 0. The summed E-state index contributed by atoms with van der Waals surface area (Å²) in [5, 5.41) is 1.27. The lowest BCUT2D eigenvalue weighted by atomic mass is 10.0. The third-order valence-corrected chi connectivity index (χ3v) is 4.86. The molecule has 0 aromatic heterocycles. The highest BCUT2D eigenvalue weighted by Gasteiger charge is 2.16. The van der Waals surface area contributed by atoms with E-state index in [9.17, 15) is 0 Å². The van der Waals surface area contributed by atoms with Gasteiger partial charge in [-0.25, -0.2) is 0 Å². The molecule has 1 N–H and O–H groups in total. The van der Waals surface area contributed by atoms with Crippen molar-refractivity contribution in [3.05, 3.63) is 27.7 Å². The molecule has 0 spiro atoms. The van der Waals surface area contributed by atoms with E-state index in [0.29, 0.717) is 10.0 Å². The molecular formula is C12H17Cl2NS. The van der Waals surface area contributed by atoms with E-state index in [1.807, 2.05) is 19.1 Å². The van der Waals surface area contributed by atoms with Crippen molar-refractivity contribution in [2.45, 2.75) is 44.6 Å². The van der Waals surface area contributed by atoms with Crippen LogP contribution in [0.3, 0.4) is 0 Å². The van der Waals surface area contributed by atoms with Gasteiger partial charge in [-0.1, -0.05) is 36.2 Å². The molecule has 0 heterocycles. The average Bonchev–Trinajstić information content (AvgIpc) is 2.25. The summed E-state index contributed by atoms with van der Waals surface area (Å²) in [6.45, 7) is 8.41. The molecule has 0 amide bonds. The first-order valence-electron chi connectivity index (χ1n) is 5.26. The van der Waals surface area contributed by atoms with Gasteiger partial charge in [0.1, 0.15) is 0 Å². The Bertz CT molecular complexity index is 378. The van der Waals surface area contributed by atoms with Crippen LogP contribution >= 0.6 is 35.1 Å². The molecule has 16 heavy (non-hydrogen) atoms. The van der Waals surface area contributed by atoms with Crippen LogP contribution in [0.15, 0.2) is 17.0 Å². The number of rotatable bonds is 4. The molecule has 0 aliphatic heterocycles. The highest BCUT2D eigenvalue weighted by Crippen LogP contribution is 2.34. The number of halogens is 2. The maximum absolute atomic E-state index is 6.18. The Kier molecular flexibility index (Phi) is 4.99. The van der Waals surface area contributed by atoms with Crippen molar-refractivity contribution in [3.8, 4) is 0 Å². The lowest BCUT2D eigenvalue weighted by Crippen LogP contribution is -2.33. The van der Waals surface area contributed by atoms with Gasteiger partial charge in [0.25, 0.3) is 0 Å². The molecule has 0 fully saturated rings. The number of aryl methyl sites for hydroxylation is 1. The van der Waals surface area contributed by atoms with Gasteiger partial charge in [0.15, 0.2) is 0 Å². The normalized spacial score (nSPS) is 11.9. The van der Waals surface area contributed by atoms with Crippen molar-refractivity contribution in [1.82, 2.24) is 4.72 Å². The van der Waals surface area contributed by atoms with E-state index in [0.717, 1.165) is 16.9 Å². The summed E-state index contributed by atoms with van der Waals surface area (Å²) in [6, 6.07) is 3.98. The second-order valence-corrected chi connectivity index (χ2v) is 6.05. The van der Waals surface area contributed by atoms with Crippen LogP contribution in [0.5, 0.6) is 0 Å². The van der Waals surface area contributed by atoms with Crippen LogP contribution in [0, 0.1) is 6.92 Å². The Hall–Kier alpha value is 0.110. The Balaban J connectivity index is 2.80. The Morgan fingerprint density at radius 3 is 2.44 bits per heavy atom. The van der Waals surface area contributed by atoms with Gasteiger partial charge in [0.05, 0.1) is 10.0 Å².